The number of pyridine rings is 1. The van der Waals surface area contributed by atoms with Gasteiger partial charge in [0.25, 0.3) is 0 Å². The van der Waals surface area contributed by atoms with E-state index in [-0.39, 0.29) is 6.04 Å². The molecule has 0 saturated carbocycles. The molecule has 1 aliphatic heterocycles. The maximum absolute atomic E-state index is 5.52. The molecule has 0 aliphatic carbocycles. The molecule has 2 aromatic carbocycles. The molecule has 1 fully saturated rings. The molecule has 3 aromatic rings. The molecule has 4 nitrogen and oxygen atoms in total. The van der Waals surface area contributed by atoms with Gasteiger partial charge in [-0.05, 0) is 49.2 Å². The van der Waals surface area contributed by atoms with E-state index in [9.17, 15) is 0 Å². The first kappa shape index (κ1) is 18.0. The third kappa shape index (κ3) is 3.55. The number of piperazine rings is 1. The van der Waals surface area contributed by atoms with Crippen LogP contribution in [0, 0.1) is 0 Å². The van der Waals surface area contributed by atoms with E-state index in [4.69, 9.17) is 4.74 Å². The van der Waals surface area contributed by atoms with Crippen LogP contribution in [-0.4, -0.2) is 42.2 Å². The Labute approximate surface area is 161 Å². The van der Waals surface area contributed by atoms with Gasteiger partial charge in [-0.25, -0.2) is 0 Å². The quantitative estimate of drug-likeness (QED) is 0.762. The molecule has 1 N–H and O–H groups in total. The second-order valence-electron chi connectivity index (χ2n) is 7.45. The Balaban J connectivity index is 1.89. The molecule has 1 aliphatic rings. The highest BCUT2D eigenvalue weighted by atomic mass is 16.5. The zero-order chi connectivity index (χ0) is 18.8. The highest BCUT2D eigenvalue weighted by molar-refractivity contribution is 5.82. The smallest absolute Gasteiger partial charge is 0.119 e. The maximum atomic E-state index is 5.52. The van der Waals surface area contributed by atoms with E-state index in [1.165, 1.54) is 16.5 Å². The lowest BCUT2D eigenvalue weighted by atomic mass is 9.92. The van der Waals surface area contributed by atoms with Gasteiger partial charge in [-0.2, -0.15) is 0 Å². The first-order valence-corrected chi connectivity index (χ1v) is 9.64. The summed E-state index contributed by atoms with van der Waals surface area (Å²) in [6.45, 7) is 6.55. The number of hydrogen-bond donors (Lipinski definition) is 1. The summed E-state index contributed by atoms with van der Waals surface area (Å²) in [5, 5.41) is 4.81. The van der Waals surface area contributed by atoms with Crippen LogP contribution >= 0.6 is 0 Å². The second kappa shape index (κ2) is 7.67. The van der Waals surface area contributed by atoms with Crippen molar-refractivity contribution in [1.82, 2.24) is 15.2 Å². The van der Waals surface area contributed by atoms with Gasteiger partial charge in [-0.3, -0.25) is 9.88 Å². The topological polar surface area (TPSA) is 37.4 Å². The van der Waals surface area contributed by atoms with Gasteiger partial charge in [-0.15, -0.1) is 0 Å². The number of hydrogen-bond acceptors (Lipinski definition) is 4. The molecule has 2 heterocycles. The Hall–Kier alpha value is -2.43. The van der Waals surface area contributed by atoms with E-state index in [1.807, 2.05) is 12.3 Å². The zero-order valence-electron chi connectivity index (χ0n) is 16.2. The number of para-hydroxylation sites is 1. The molecule has 4 rings (SSSR count). The first-order chi connectivity index (χ1) is 13.2. The Kier molecular flexibility index (Phi) is 5.10. The Bertz CT molecular complexity index is 921. The number of nitrogens with one attached hydrogen (secondary N) is 1. The molecule has 140 valence electrons. The summed E-state index contributed by atoms with van der Waals surface area (Å²) in [5.74, 6) is 0.895. The largest absolute Gasteiger partial charge is 0.497 e. The molecule has 3 atom stereocenters. The minimum absolute atomic E-state index is 0.160. The Morgan fingerprint density at radius 1 is 1.11 bits per heavy atom. The van der Waals surface area contributed by atoms with E-state index >= 15 is 0 Å². The lowest BCUT2D eigenvalue weighted by molar-refractivity contribution is 0.113. The zero-order valence-corrected chi connectivity index (χ0v) is 16.2. The summed E-state index contributed by atoms with van der Waals surface area (Å²) in [6.07, 6.45) is 1.93. The fraction of sp³-hybridized carbons (Fsp3) is 0.348. The molecule has 27 heavy (non-hydrogen) atoms. The molecule has 0 spiro atoms. The summed E-state index contributed by atoms with van der Waals surface area (Å²) in [7, 11) is 1.73. The van der Waals surface area contributed by atoms with E-state index in [0.717, 1.165) is 24.4 Å². The van der Waals surface area contributed by atoms with Crippen LogP contribution in [-0.2, 0) is 0 Å². The minimum Gasteiger partial charge on any atom is -0.497 e. The van der Waals surface area contributed by atoms with Crippen LogP contribution in [0.3, 0.4) is 0 Å². The maximum Gasteiger partial charge on any atom is 0.119 e. The van der Waals surface area contributed by atoms with Crippen LogP contribution in [0.4, 0.5) is 0 Å². The van der Waals surface area contributed by atoms with Gasteiger partial charge in [0.15, 0.2) is 0 Å². The van der Waals surface area contributed by atoms with Crippen molar-refractivity contribution in [3.8, 4) is 5.75 Å². The van der Waals surface area contributed by atoms with E-state index < -0.39 is 0 Å². The number of aromatic nitrogens is 1. The monoisotopic (exact) mass is 361 g/mol. The normalized spacial score (nSPS) is 21.9. The summed E-state index contributed by atoms with van der Waals surface area (Å²) in [5.41, 5.74) is 3.60. The molecular formula is C23H27N3O. The first-order valence-electron chi connectivity index (χ1n) is 9.64. The summed E-state index contributed by atoms with van der Waals surface area (Å²) in [6, 6.07) is 20.1. The van der Waals surface area contributed by atoms with Crippen LogP contribution < -0.4 is 10.1 Å². The van der Waals surface area contributed by atoms with Crippen LogP contribution in [0.2, 0.25) is 0 Å². The van der Waals surface area contributed by atoms with Crippen molar-refractivity contribution in [2.75, 3.05) is 20.2 Å². The van der Waals surface area contributed by atoms with Gasteiger partial charge in [0, 0.05) is 36.8 Å². The predicted octanol–water partition coefficient (Wildman–Crippen LogP) is 4.02. The van der Waals surface area contributed by atoms with Crippen LogP contribution in [0.1, 0.15) is 31.0 Å². The lowest BCUT2D eigenvalue weighted by Crippen LogP contribution is -2.55. The van der Waals surface area contributed by atoms with Gasteiger partial charge in [0.05, 0.1) is 18.7 Å². The van der Waals surface area contributed by atoms with Gasteiger partial charge in [0.2, 0.25) is 0 Å². The standard InChI is InChI=1S/C23H27N3O/c1-16-15-26(17(2)14-25-16)23(18-7-6-8-19(13-18)27-3)21-11-12-24-22-10-5-4-9-20(21)22/h4-13,16-17,23,25H,14-15H2,1-3H3/t16-,17+,23?/m1/s1. The molecule has 0 bridgehead atoms. The Morgan fingerprint density at radius 2 is 1.96 bits per heavy atom. The predicted molar refractivity (Wildman–Crippen MR) is 110 cm³/mol. The molecular weight excluding hydrogens is 334 g/mol. The van der Waals surface area contributed by atoms with Gasteiger partial charge in [-0.1, -0.05) is 30.3 Å². The van der Waals surface area contributed by atoms with E-state index in [0.29, 0.717) is 12.1 Å². The summed E-state index contributed by atoms with van der Waals surface area (Å²) in [4.78, 5) is 7.18. The van der Waals surface area contributed by atoms with Crippen LogP contribution in [0.25, 0.3) is 10.9 Å². The number of nitrogens with zero attached hydrogens (tertiary/aromatic N) is 2. The fourth-order valence-corrected chi connectivity index (χ4v) is 4.13. The lowest BCUT2D eigenvalue weighted by Gasteiger charge is -2.43. The Morgan fingerprint density at radius 3 is 2.81 bits per heavy atom. The van der Waals surface area contributed by atoms with Crippen LogP contribution in [0.15, 0.2) is 60.8 Å². The van der Waals surface area contributed by atoms with Crippen molar-refractivity contribution >= 4 is 10.9 Å². The minimum atomic E-state index is 0.160. The molecule has 0 radical (unpaired) electrons. The van der Waals surface area contributed by atoms with Crippen molar-refractivity contribution in [1.29, 1.82) is 0 Å². The van der Waals surface area contributed by atoms with E-state index in [1.54, 1.807) is 7.11 Å². The molecule has 4 heteroatoms. The van der Waals surface area contributed by atoms with E-state index in [2.05, 4.69) is 77.6 Å². The summed E-state index contributed by atoms with van der Waals surface area (Å²) >= 11 is 0. The summed E-state index contributed by atoms with van der Waals surface area (Å²) < 4.78 is 5.52. The van der Waals surface area contributed by atoms with Crippen molar-refractivity contribution in [3.05, 3.63) is 71.9 Å². The number of ether oxygens (including phenoxy) is 1. The third-order valence-electron chi connectivity index (χ3n) is 5.53. The number of methoxy groups -OCH3 is 1. The molecule has 1 saturated heterocycles. The molecule has 1 unspecified atom stereocenters. The van der Waals surface area contributed by atoms with Crippen molar-refractivity contribution in [3.63, 3.8) is 0 Å². The average molecular weight is 361 g/mol. The molecule has 0 amide bonds. The highest BCUT2D eigenvalue weighted by Gasteiger charge is 2.32. The van der Waals surface area contributed by atoms with Gasteiger partial charge >= 0.3 is 0 Å². The second-order valence-corrected chi connectivity index (χ2v) is 7.45. The van der Waals surface area contributed by atoms with Crippen molar-refractivity contribution < 1.29 is 4.74 Å². The SMILES string of the molecule is COc1cccc(C(c2ccnc3ccccc23)N2C[C@@H](C)NC[C@@H]2C)c1. The van der Waals surface area contributed by atoms with Crippen molar-refractivity contribution in [2.24, 2.45) is 0 Å². The van der Waals surface area contributed by atoms with Crippen molar-refractivity contribution in [2.45, 2.75) is 32.0 Å². The number of benzene rings is 2. The van der Waals surface area contributed by atoms with Crippen LogP contribution in [0.5, 0.6) is 5.75 Å². The number of rotatable bonds is 4. The van der Waals surface area contributed by atoms with Gasteiger partial charge < -0.3 is 10.1 Å². The third-order valence-corrected chi connectivity index (χ3v) is 5.53. The van der Waals surface area contributed by atoms with Gasteiger partial charge in [0.1, 0.15) is 5.75 Å². The highest BCUT2D eigenvalue weighted by Crippen LogP contribution is 2.36. The fourth-order valence-electron chi connectivity index (χ4n) is 4.13. The average Bonchev–Trinajstić information content (AvgIpc) is 2.71. The molecule has 1 aromatic heterocycles. The number of fused-ring (bicyclic) bond motifs is 1.